The van der Waals surface area contributed by atoms with E-state index in [-0.39, 0.29) is 0 Å². The molecule has 0 atom stereocenters. The van der Waals surface area contributed by atoms with Crippen LogP contribution in [0.25, 0.3) is 98.5 Å². The summed E-state index contributed by atoms with van der Waals surface area (Å²) < 4.78 is 1.24. The molecule has 0 radical (unpaired) electrons. The third-order valence-electron chi connectivity index (χ3n) is 9.89. The number of hydrogen-bond donors (Lipinski definition) is 0. The van der Waals surface area contributed by atoms with Gasteiger partial charge in [-0.15, -0.1) is 11.3 Å². The number of thiophene rings is 1. The standard InChI is InChI=1S/C49H31N3S/c1-5-15-33(16-6-1)43-44-46(34-17-7-2-8-18-34)50-42-30-29-38(31-40(42)48(44)53-47(43)36-19-9-3-10-20-36)32-25-27-35(28-26-32)45-39-23-13-14-24-41(39)51-49(52-45)37-21-11-4-12-22-37/h1-31H. The van der Waals surface area contributed by atoms with E-state index in [0.717, 1.165) is 66.8 Å². The molecule has 0 fully saturated rings. The predicted octanol–water partition coefficient (Wildman–Crippen LogP) is 13.4. The zero-order chi connectivity index (χ0) is 35.1. The van der Waals surface area contributed by atoms with Crippen molar-refractivity contribution >= 4 is 43.2 Å². The van der Waals surface area contributed by atoms with Crippen LogP contribution in [0.15, 0.2) is 188 Å². The largest absolute Gasteiger partial charge is 0.247 e. The van der Waals surface area contributed by atoms with E-state index in [9.17, 15) is 0 Å². The van der Waals surface area contributed by atoms with E-state index in [1.807, 2.05) is 35.6 Å². The third-order valence-corrected chi connectivity index (χ3v) is 11.2. The molecular formula is C49H31N3S. The van der Waals surface area contributed by atoms with Crippen LogP contribution in [0.2, 0.25) is 0 Å². The first kappa shape index (κ1) is 31.0. The Balaban J connectivity index is 1.15. The fraction of sp³-hybridized carbons (Fsp3) is 0. The molecule has 0 unspecified atom stereocenters. The summed E-state index contributed by atoms with van der Waals surface area (Å²) in [5, 5.41) is 3.38. The van der Waals surface area contributed by atoms with E-state index in [0.29, 0.717) is 0 Å². The van der Waals surface area contributed by atoms with Crippen LogP contribution in [0.4, 0.5) is 0 Å². The van der Waals surface area contributed by atoms with Crippen LogP contribution in [0, 0.1) is 0 Å². The van der Waals surface area contributed by atoms with Gasteiger partial charge in [0.2, 0.25) is 0 Å². The van der Waals surface area contributed by atoms with Crippen molar-refractivity contribution in [2.24, 2.45) is 0 Å². The molecule has 7 aromatic carbocycles. The van der Waals surface area contributed by atoms with Gasteiger partial charge < -0.3 is 0 Å². The number of aromatic nitrogens is 3. The van der Waals surface area contributed by atoms with Crippen molar-refractivity contribution in [1.82, 2.24) is 15.0 Å². The van der Waals surface area contributed by atoms with Gasteiger partial charge in [0.25, 0.3) is 0 Å². The highest BCUT2D eigenvalue weighted by molar-refractivity contribution is 7.24. The quantitative estimate of drug-likeness (QED) is 0.174. The van der Waals surface area contributed by atoms with Crippen LogP contribution in [0.5, 0.6) is 0 Å². The minimum absolute atomic E-state index is 0.727. The van der Waals surface area contributed by atoms with Crippen LogP contribution in [-0.4, -0.2) is 15.0 Å². The first-order valence-electron chi connectivity index (χ1n) is 17.8. The zero-order valence-electron chi connectivity index (χ0n) is 28.6. The molecule has 248 valence electrons. The average molecular weight is 694 g/mol. The Morgan fingerprint density at radius 1 is 0.340 bits per heavy atom. The van der Waals surface area contributed by atoms with Crippen molar-refractivity contribution < 1.29 is 0 Å². The maximum absolute atomic E-state index is 5.41. The van der Waals surface area contributed by atoms with Crippen LogP contribution < -0.4 is 0 Å². The topological polar surface area (TPSA) is 38.7 Å². The van der Waals surface area contributed by atoms with E-state index in [1.54, 1.807) is 0 Å². The second-order valence-electron chi connectivity index (χ2n) is 13.2. The Hall–Kier alpha value is -6.75. The molecular weight excluding hydrogens is 663 g/mol. The van der Waals surface area contributed by atoms with Crippen molar-refractivity contribution in [3.63, 3.8) is 0 Å². The van der Waals surface area contributed by atoms with Crippen LogP contribution in [0.3, 0.4) is 0 Å². The summed E-state index contributed by atoms with van der Waals surface area (Å²) in [6, 6.07) is 66.0. The van der Waals surface area contributed by atoms with Gasteiger partial charge in [0, 0.05) is 48.0 Å². The highest BCUT2D eigenvalue weighted by atomic mass is 32.1. The van der Waals surface area contributed by atoms with Crippen LogP contribution in [0.1, 0.15) is 0 Å². The van der Waals surface area contributed by atoms with Crippen molar-refractivity contribution in [3.05, 3.63) is 188 Å². The van der Waals surface area contributed by atoms with Gasteiger partial charge in [-0.2, -0.15) is 0 Å². The highest BCUT2D eigenvalue weighted by Crippen LogP contribution is 2.50. The smallest absolute Gasteiger partial charge is 0.160 e. The van der Waals surface area contributed by atoms with Crippen molar-refractivity contribution in [3.8, 4) is 66.6 Å². The lowest BCUT2D eigenvalue weighted by atomic mass is 9.94. The van der Waals surface area contributed by atoms with Crippen molar-refractivity contribution in [2.75, 3.05) is 0 Å². The lowest BCUT2D eigenvalue weighted by Crippen LogP contribution is -1.95. The molecule has 10 aromatic rings. The molecule has 53 heavy (non-hydrogen) atoms. The van der Waals surface area contributed by atoms with E-state index in [1.165, 1.54) is 31.7 Å². The zero-order valence-corrected chi connectivity index (χ0v) is 29.5. The summed E-state index contributed by atoms with van der Waals surface area (Å²) in [6.07, 6.45) is 0. The number of para-hydroxylation sites is 1. The van der Waals surface area contributed by atoms with Gasteiger partial charge in [-0.3, -0.25) is 0 Å². The van der Waals surface area contributed by atoms with Crippen molar-refractivity contribution in [2.45, 2.75) is 0 Å². The minimum atomic E-state index is 0.727. The molecule has 0 aliphatic carbocycles. The van der Waals surface area contributed by atoms with Gasteiger partial charge in [-0.05, 0) is 40.5 Å². The number of nitrogens with zero attached hydrogens (tertiary/aromatic N) is 3. The summed E-state index contributed by atoms with van der Waals surface area (Å²) in [7, 11) is 0. The van der Waals surface area contributed by atoms with Crippen molar-refractivity contribution in [1.29, 1.82) is 0 Å². The number of hydrogen-bond acceptors (Lipinski definition) is 4. The lowest BCUT2D eigenvalue weighted by Gasteiger charge is -2.12. The SMILES string of the molecule is c1ccc(-c2nc(-c3ccc(-c4ccc5nc(-c6ccccc6)c6c(-c7ccccc7)c(-c7ccccc7)sc6c5c4)cc3)c3ccccc3n2)cc1. The summed E-state index contributed by atoms with van der Waals surface area (Å²) in [4.78, 5) is 16.7. The molecule has 0 amide bonds. The van der Waals surface area contributed by atoms with E-state index < -0.39 is 0 Å². The van der Waals surface area contributed by atoms with E-state index in [4.69, 9.17) is 15.0 Å². The van der Waals surface area contributed by atoms with E-state index >= 15 is 0 Å². The first-order valence-corrected chi connectivity index (χ1v) is 18.6. The van der Waals surface area contributed by atoms with Gasteiger partial charge in [-0.25, -0.2) is 15.0 Å². The summed E-state index contributed by atoms with van der Waals surface area (Å²) in [5.41, 5.74) is 12.9. The summed E-state index contributed by atoms with van der Waals surface area (Å²) >= 11 is 1.86. The lowest BCUT2D eigenvalue weighted by molar-refractivity contribution is 1.23. The number of benzene rings is 7. The number of fused-ring (bicyclic) bond motifs is 4. The monoisotopic (exact) mass is 693 g/mol. The Morgan fingerprint density at radius 3 is 1.57 bits per heavy atom. The summed E-state index contributed by atoms with van der Waals surface area (Å²) in [5.74, 6) is 0.727. The van der Waals surface area contributed by atoms with Gasteiger partial charge >= 0.3 is 0 Å². The second-order valence-corrected chi connectivity index (χ2v) is 14.2. The molecule has 3 heterocycles. The van der Waals surface area contributed by atoms with E-state index in [2.05, 4.69) is 164 Å². The maximum Gasteiger partial charge on any atom is 0.160 e. The van der Waals surface area contributed by atoms with Gasteiger partial charge in [0.1, 0.15) is 0 Å². The molecule has 10 rings (SSSR count). The molecule has 0 saturated carbocycles. The number of pyridine rings is 1. The molecule has 0 bridgehead atoms. The Kier molecular flexibility index (Phi) is 7.67. The first-order chi connectivity index (χ1) is 26.3. The van der Waals surface area contributed by atoms with Crippen LogP contribution in [-0.2, 0) is 0 Å². The molecule has 0 spiro atoms. The number of rotatable bonds is 6. The van der Waals surface area contributed by atoms with Gasteiger partial charge in [0.15, 0.2) is 5.82 Å². The second kappa shape index (κ2) is 13.1. The Bertz CT molecular complexity index is 2900. The minimum Gasteiger partial charge on any atom is -0.247 e. The highest BCUT2D eigenvalue weighted by Gasteiger charge is 2.23. The maximum atomic E-state index is 5.41. The fourth-order valence-electron chi connectivity index (χ4n) is 7.33. The third kappa shape index (κ3) is 5.57. The molecule has 0 aliphatic heterocycles. The van der Waals surface area contributed by atoms with Gasteiger partial charge in [-0.1, -0.05) is 170 Å². The van der Waals surface area contributed by atoms with Crippen LogP contribution >= 0.6 is 11.3 Å². The summed E-state index contributed by atoms with van der Waals surface area (Å²) in [6.45, 7) is 0. The normalized spacial score (nSPS) is 11.4. The molecule has 0 N–H and O–H groups in total. The molecule has 0 saturated heterocycles. The fourth-order valence-corrected chi connectivity index (χ4v) is 8.68. The average Bonchev–Trinajstić information content (AvgIpc) is 3.65. The molecule has 3 aromatic heterocycles. The molecule has 4 heteroatoms. The Morgan fingerprint density at radius 2 is 0.868 bits per heavy atom. The van der Waals surface area contributed by atoms with Gasteiger partial charge in [0.05, 0.1) is 22.4 Å². The predicted molar refractivity (Wildman–Crippen MR) is 223 cm³/mol. The Labute approximate surface area is 311 Å². The molecule has 0 aliphatic rings. The molecule has 3 nitrogen and oxygen atoms in total.